The van der Waals surface area contributed by atoms with Crippen molar-refractivity contribution in [1.29, 1.82) is 0 Å². The Morgan fingerprint density at radius 3 is 2.41 bits per heavy atom. The Kier molecular flexibility index (Phi) is 5.26. The fourth-order valence-corrected chi connectivity index (χ4v) is 5.87. The van der Waals surface area contributed by atoms with Gasteiger partial charge in [-0.05, 0) is 83.3 Å². The summed E-state index contributed by atoms with van der Waals surface area (Å²) in [5.74, 6) is 0.346. The van der Waals surface area contributed by atoms with Gasteiger partial charge >= 0.3 is 0 Å². The van der Waals surface area contributed by atoms with Crippen molar-refractivity contribution in [3.05, 3.63) is 93.7 Å². The maximum absolute atomic E-state index is 10.1. The van der Waals surface area contributed by atoms with Gasteiger partial charge in [-0.25, -0.2) is 0 Å². The van der Waals surface area contributed by atoms with Crippen molar-refractivity contribution >= 4 is 16.9 Å². The van der Waals surface area contributed by atoms with Gasteiger partial charge in [-0.3, -0.25) is 4.90 Å². The summed E-state index contributed by atoms with van der Waals surface area (Å²) < 4.78 is 0. The fraction of sp³-hybridized carbons (Fsp3) is 0.308. The Morgan fingerprint density at radius 1 is 0.931 bits per heavy atom. The van der Waals surface area contributed by atoms with Crippen LogP contribution in [0.15, 0.2) is 77.0 Å². The average molecular weight is 402 g/mol. The van der Waals surface area contributed by atoms with Crippen LogP contribution in [0.3, 0.4) is 0 Å². The van der Waals surface area contributed by atoms with Gasteiger partial charge in [0.2, 0.25) is 0 Å². The third kappa shape index (κ3) is 3.90. The summed E-state index contributed by atoms with van der Waals surface area (Å²) in [5.41, 5.74) is 6.80. The van der Waals surface area contributed by atoms with Gasteiger partial charge in [0.05, 0.1) is 0 Å². The van der Waals surface area contributed by atoms with E-state index in [1.54, 1.807) is 23.0 Å². The van der Waals surface area contributed by atoms with Crippen LogP contribution in [0.5, 0.6) is 5.75 Å². The van der Waals surface area contributed by atoms with Gasteiger partial charge in [-0.15, -0.1) is 0 Å². The Labute approximate surface area is 177 Å². The minimum absolute atomic E-state index is 0.346. The van der Waals surface area contributed by atoms with E-state index in [1.165, 1.54) is 29.5 Å². The minimum atomic E-state index is 0.346. The number of benzene rings is 2. The summed E-state index contributed by atoms with van der Waals surface area (Å²) in [6, 6.07) is 22.2. The number of hydrogen-bond donors (Lipinski definition) is 1. The molecule has 2 fully saturated rings. The zero-order valence-corrected chi connectivity index (χ0v) is 17.4. The van der Waals surface area contributed by atoms with E-state index >= 15 is 0 Å². The number of phenols is 1. The predicted octanol–water partition coefficient (Wildman–Crippen LogP) is 6.13. The fourth-order valence-electron chi connectivity index (χ4n) is 5.22. The van der Waals surface area contributed by atoms with Crippen molar-refractivity contribution in [3.63, 3.8) is 0 Å². The van der Waals surface area contributed by atoms with Gasteiger partial charge in [0, 0.05) is 18.6 Å². The first kappa shape index (κ1) is 18.7. The predicted molar refractivity (Wildman–Crippen MR) is 121 cm³/mol. The maximum atomic E-state index is 10.1. The summed E-state index contributed by atoms with van der Waals surface area (Å²) >= 11 is 1.75. The Hall–Kier alpha value is -2.36. The number of phenolic OH excluding ortho intramolecular Hbond substituents is 1. The van der Waals surface area contributed by atoms with Gasteiger partial charge in [0.15, 0.2) is 0 Å². The lowest BCUT2D eigenvalue weighted by atomic mass is 9.86. The topological polar surface area (TPSA) is 23.5 Å². The van der Waals surface area contributed by atoms with E-state index in [-0.39, 0.29) is 0 Å². The molecule has 0 spiro atoms. The van der Waals surface area contributed by atoms with Crippen LogP contribution in [-0.4, -0.2) is 28.6 Å². The highest BCUT2D eigenvalue weighted by Gasteiger charge is 2.39. The zero-order valence-electron chi connectivity index (χ0n) is 16.6. The van der Waals surface area contributed by atoms with E-state index < -0.39 is 0 Å². The Bertz CT molecular complexity index is 977. The highest BCUT2D eigenvalue weighted by Crippen LogP contribution is 2.43. The highest BCUT2D eigenvalue weighted by atomic mass is 32.1. The number of rotatable bonds is 5. The molecule has 5 rings (SSSR count). The molecule has 2 bridgehead atoms. The molecule has 2 aromatic carbocycles. The molecule has 29 heavy (non-hydrogen) atoms. The molecule has 0 radical (unpaired) electrons. The number of fused-ring (bicyclic) bond motifs is 2. The molecule has 2 atom stereocenters. The van der Waals surface area contributed by atoms with E-state index in [4.69, 9.17) is 0 Å². The van der Waals surface area contributed by atoms with Crippen molar-refractivity contribution < 1.29 is 5.11 Å². The number of piperidine rings is 1. The van der Waals surface area contributed by atoms with Crippen LogP contribution in [0.25, 0.3) is 5.57 Å². The van der Waals surface area contributed by atoms with Crippen molar-refractivity contribution in [3.8, 4) is 5.75 Å². The Balaban J connectivity index is 1.42. The van der Waals surface area contributed by atoms with Crippen LogP contribution in [-0.2, 0) is 6.42 Å². The van der Waals surface area contributed by atoms with Gasteiger partial charge < -0.3 is 5.11 Å². The monoisotopic (exact) mass is 401 g/mol. The molecule has 2 aliphatic heterocycles. The molecule has 2 saturated heterocycles. The first-order valence-corrected chi connectivity index (χ1v) is 11.6. The molecule has 0 amide bonds. The van der Waals surface area contributed by atoms with Crippen LogP contribution in [0.2, 0.25) is 0 Å². The summed E-state index contributed by atoms with van der Waals surface area (Å²) in [4.78, 5) is 2.77. The molecule has 2 nitrogen and oxygen atoms in total. The molecule has 0 saturated carbocycles. The molecule has 1 N–H and O–H groups in total. The minimum Gasteiger partial charge on any atom is -0.508 e. The first-order valence-electron chi connectivity index (χ1n) is 10.6. The number of aromatic hydroxyl groups is 1. The van der Waals surface area contributed by atoms with E-state index in [1.807, 2.05) is 12.1 Å². The molecule has 2 unspecified atom stereocenters. The summed E-state index contributed by atoms with van der Waals surface area (Å²) in [6.07, 6.45) is 6.04. The molecule has 148 valence electrons. The molecule has 3 heteroatoms. The molecule has 2 aliphatic rings. The van der Waals surface area contributed by atoms with Gasteiger partial charge in [-0.1, -0.05) is 48.0 Å². The largest absolute Gasteiger partial charge is 0.508 e. The molecule has 3 aromatic rings. The molecule has 0 aliphatic carbocycles. The number of hydrogen-bond acceptors (Lipinski definition) is 3. The second-order valence-corrected chi connectivity index (χ2v) is 9.09. The molecular weight excluding hydrogens is 374 g/mol. The average Bonchev–Trinajstić information content (AvgIpc) is 3.34. The summed E-state index contributed by atoms with van der Waals surface area (Å²) in [5, 5.41) is 14.5. The van der Waals surface area contributed by atoms with Crippen molar-refractivity contribution in [2.45, 2.75) is 44.2 Å². The van der Waals surface area contributed by atoms with Crippen molar-refractivity contribution in [2.24, 2.45) is 0 Å². The van der Waals surface area contributed by atoms with Crippen LogP contribution in [0, 0.1) is 0 Å². The van der Waals surface area contributed by atoms with Crippen LogP contribution < -0.4 is 0 Å². The lowest BCUT2D eigenvalue weighted by molar-refractivity contribution is 0.168. The smallest absolute Gasteiger partial charge is 0.116 e. The van der Waals surface area contributed by atoms with Crippen molar-refractivity contribution in [2.75, 3.05) is 6.54 Å². The highest BCUT2D eigenvalue weighted by molar-refractivity contribution is 7.08. The van der Waals surface area contributed by atoms with Crippen LogP contribution >= 0.6 is 11.3 Å². The molecular formula is C26H27NOS. The van der Waals surface area contributed by atoms with Crippen LogP contribution in [0.1, 0.15) is 42.4 Å². The normalized spacial score (nSPS) is 21.4. The third-order valence-corrected chi connectivity index (χ3v) is 7.22. The Morgan fingerprint density at radius 2 is 1.72 bits per heavy atom. The SMILES string of the molecule is Oc1cccc(C(=C2CC3CCC(C2)N3CCc2ccccc2)c2ccsc2)c1. The zero-order chi connectivity index (χ0) is 19.6. The lowest BCUT2D eigenvalue weighted by Gasteiger charge is -2.37. The molecule has 3 heterocycles. The van der Waals surface area contributed by atoms with E-state index in [9.17, 15) is 5.11 Å². The number of nitrogens with zero attached hydrogens (tertiary/aromatic N) is 1. The third-order valence-electron chi connectivity index (χ3n) is 6.53. The van der Waals surface area contributed by atoms with Gasteiger partial charge in [0.1, 0.15) is 5.75 Å². The first-order chi connectivity index (χ1) is 14.3. The summed E-state index contributed by atoms with van der Waals surface area (Å²) in [7, 11) is 0. The van der Waals surface area contributed by atoms with E-state index in [0.717, 1.165) is 31.4 Å². The second-order valence-electron chi connectivity index (χ2n) is 8.31. The van der Waals surface area contributed by atoms with E-state index in [0.29, 0.717) is 17.8 Å². The maximum Gasteiger partial charge on any atom is 0.116 e. The van der Waals surface area contributed by atoms with E-state index in [2.05, 4.69) is 58.1 Å². The summed E-state index contributed by atoms with van der Waals surface area (Å²) in [6.45, 7) is 1.16. The van der Waals surface area contributed by atoms with Gasteiger partial charge in [0.25, 0.3) is 0 Å². The van der Waals surface area contributed by atoms with Crippen molar-refractivity contribution in [1.82, 2.24) is 4.90 Å². The quantitative estimate of drug-likeness (QED) is 0.556. The second kappa shape index (κ2) is 8.17. The number of thiophene rings is 1. The van der Waals surface area contributed by atoms with Gasteiger partial charge in [-0.2, -0.15) is 11.3 Å². The molecule has 1 aromatic heterocycles. The lowest BCUT2D eigenvalue weighted by Crippen LogP contribution is -2.41. The standard InChI is InChI=1S/C26H27NOS/c28-25-8-4-7-20(17-25)26(21-12-14-29-18-21)22-15-23-9-10-24(16-22)27(23)13-11-19-5-2-1-3-6-19/h1-8,12,14,17-18,23-24,28H,9-11,13,15-16H2. The van der Waals surface area contributed by atoms with Crippen LogP contribution in [0.4, 0.5) is 0 Å².